The van der Waals surface area contributed by atoms with E-state index in [9.17, 15) is 29.1 Å². The number of ether oxygens (including phenoxy) is 2. The lowest BCUT2D eigenvalue weighted by Gasteiger charge is -2.28. The summed E-state index contributed by atoms with van der Waals surface area (Å²) in [4.78, 5) is 78.6. The molecule has 0 radical (unpaired) electrons. The lowest BCUT2D eigenvalue weighted by atomic mass is 9.85. The number of anilines is 2. The van der Waals surface area contributed by atoms with Crippen molar-refractivity contribution in [2.24, 2.45) is 17.4 Å². The molecule has 4 aromatic carbocycles. The van der Waals surface area contributed by atoms with Gasteiger partial charge in [-0.1, -0.05) is 48.9 Å². The Labute approximate surface area is 427 Å². The average molecular weight is 1020 g/mol. The first kappa shape index (κ1) is 53.4. The highest BCUT2D eigenvalue weighted by Gasteiger charge is 2.32. The molecule has 0 unspecified atom stereocenters. The maximum Gasteiger partial charge on any atom is 0.243 e. The van der Waals surface area contributed by atoms with Gasteiger partial charge in [-0.25, -0.2) is 0 Å². The SMILES string of the molecule is COc1ccccc1-c1ccc(C[C@H]([SiH2]NC(=O)[C@H](Cc2c[nH]c3ccc(O)cc23)NC(=O)[C@H]2CCC[C@H](N)C2)C(=O)N[C@@H](CCCCNC(=N)N)C(=O)NCC(=O)Nc2ccc(N3CCOCC3)cc2)cc1. The normalized spacial score (nSPS) is 17.0. The first-order valence-electron chi connectivity index (χ1n) is 25.1. The molecule has 20 heteroatoms. The number of methoxy groups -OCH3 is 1. The third-order valence-electron chi connectivity index (χ3n) is 13.5. The van der Waals surface area contributed by atoms with Gasteiger partial charge >= 0.3 is 0 Å². The van der Waals surface area contributed by atoms with Crippen LogP contribution in [0.4, 0.5) is 11.4 Å². The molecule has 2 aliphatic rings. The van der Waals surface area contributed by atoms with Crippen molar-refractivity contribution in [1.29, 1.82) is 5.41 Å². The number of hydrogen-bond acceptors (Lipinski definition) is 11. The van der Waals surface area contributed by atoms with Gasteiger partial charge in [-0.2, -0.15) is 0 Å². The number of phenols is 1. The van der Waals surface area contributed by atoms with E-state index in [-0.39, 0.29) is 55.4 Å². The number of aromatic hydroxyl groups is 1. The smallest absolute Gasteiger partial charge is 0.243 e. The highest BCUT2D eigenvalue weighted by molar-refractivity contribution is 6.45. The fourth-order valence-electron chi connectivity index (χ4n) is 9.44. The van der Waals surface area contributed by atoms with Crippen molar-refractivity contribution < 1.29 is 38.6 Å². The molecule has 2 heterocycles. The number of phenolic OH excluding ortho intramolecular Hbond substituents is 1. The number of unbranched alkanes of at least 4 members (excludes halogenated alkanes) is 1. The van der Waals surface area contributed by atoms with Gasteiger partial charge in [-0.05, 0) is 110 Å². The van der Waals surface area contributed by atoms with Gasteiger partial charge in [0.1, 0.15) is 33.3 Å². The molecular weight excluding hydrogens is 947 g/mol. The molecule has 5 atom stereocenters. The van der Waals surface area contributed by atoms with Crippen LogP contribution in [0.5, 0.6) is 11.5 Å². The fraction of sp³-hybridized carbons (Fsp3) is 0.396. The molecule has 2 fully saturated rings. The standard InChI is InChI=1S/C53H69N11O8Si/c1-71-46-11-3-2-9-41(46)34-14-12-33(13-15-34)27-47(73-63-51(69)45(62-49(67)35-7-6-8-37(54)28-35)29-36-31-58-43-21-20-40(65)30-42(36)43)52(70)61-44(10-4-5-22-57-53(55)56)50(68)59-32-48(66)60-38-16-18-39(19-17-38)64-23-25-72-26-24-64/h2-3,9,11-21,30-31,35,37,44-45,47,58,65H,4-8,10,22-29,32,54,73H2,1H3,(H,59,68)(H,60,66)(H,61,70)(H,62,67)(H,63,69)(H4,55,56,57)/t35-,37-,44-,45-,47-/m0/s1. The Hall–Kier alpha value is -7.42. The predicted octanol–water partition coefficient (Wildman–Crippen LogP) is 3.05. The zero-order valence-corrected chi connectivity index (χ0v) is 42.8. The molecule has 5 amide bonds. The van der Waals surface area contributed by atoms with E-state index in [1.807, 2.05) is 60.7 Å². The number of guanidine groups is 1. The van der Waals surface area contributed by atoms with E-state index in [0.717, 1.165) is 53.8 Å². The summed E-state index contributed by atoms with van der Waals surface area (Å²) in [5.74, 6) is -2.00. The molecule has 0 spiro atoms. The number of nitrogens with one attached hydrogen (secondary N) is 8. The number of fused-ring (bicyclic) bond motifs is 1. The third-order valence-corrected chi connectivity index (χ3v) is 15.2. The number of aromatic nitrogens is 1. The summed E-state index contributed by atoms with van der Waals surface area (Å²) in [5.41, 5.74) is 16.6. The Morgan fingerprint density at radius 3 is 2.40 bits per heavy atom. The topological polar surface area (TPSA) is 291 Å². The summed E-state index contributed by atoms with van der Waals surface area (Å²) in [6.45, 7) is 2.86. The van der Waals surface area contributed by atoms with Gasteiger partial charge < -0.3 is 67.5 Å². The summed E-state index contributed by atoms with van der Waals surface area (Å²) < 4.78 is 11.1. The van der Waals surface area contributed by atoms with E-state index in [1.54, 1.807) is 43.6 Å². The minimum atomic E-state index is -1.89. The van der Waals surface area contributed by atoms with Crippen LogP contribution in [0.2, 0.25) is 5.54 Å². The van der Waals surface area contributed by atoms with E-state index in [4.69, 9.17) is 26.4 Å². The van der Waals surface area contributed by atoms with Crippen molar-refractivity contribution in [1.82, 2.24) is 31.2 Å². The van der Waals surface area contributed by atoms with Crippen LogP contribution in [-0.4, -0.2) is 120 Å². The number of H-pyrrole nitrogens is 1. The Balaban J connectivity index is 1.09. The van der Waals surface area contributed by atoms with E-state index in [0.29, 0.717) is 67.8 Å². The van der Waals surface area contributed by atoms with Crippen LogP contribution in [0.25, 0.3) is 22.0 Å². The number of benzene rings is 4. The van der Waals surface area contributed by atoms with Crippen molar-refractivity contribution in [2.75, 3.05) is 56.7 Å². The summed E-state index contributed by atoms with van der Waals surface area (Å²) in [6.07, 6.45) is 6.04. The van der Waals surface area contributed by atoms with Crippen LogP contribution in [0.1, 0.15) is 56.1 Å². The van der Waals surface area contributed by atoms with E-state index >= 15 is 0 Å². The van der Waals surface area contributed by atoms with Gasteiger partial charge in [-0.3, -0.25) is 29.4 Å². The number of para-hydroxylation sites is 1. The van der Waals surface area contributed by atoms with Crippen LogP contribution in [-0.2, 0) is 41.6 Å². The summed E-state index contributed by atoms with van der Waals surface area (Å²) in [5, 5.41) is 32.8. The lowest BCUT2D eigenvalue weighted by Crippen LogP contribution is -2.53. The Morgan fingerprint density at radius 2 is 1.66 bits per heavy atom. The van der Waals surface area contributed by atoms with E-state index in [1.165, 1.54) is 0 Å². The van der Waals surface area contributed by atoms with Crippen molar-refractivity contribution in [2.45, 2.75) is 81.5 Å². The molecule has 1 aromatic heterocycles. The first-order valence-corrected chi connectivity index (χ1v) is 26.6. The molecule has 1 aliphatic heterocycles. The van der Waals surface area contributed by atoms with Gasteiger partial charge in [0.25, 0.3) is 0 Å². The molecule has 1 saturated heterocycles. The highest BCUT2D eigenvalue weighted by Crippen LogP contribution is 2.31. The number of amides is 5. The van der Waals surface area contributed by atoms with Gasteiger partial charge in [0.05, 0.1) is 26.9 Å². The number of nitrogens with two attached hydrogens (primary N) is 2. The zero-order chi connectivity index (χ0) is 51.7. The number of nitrogens with zero attached hydrogens (tertiary/aromatic N) is 1. The second-order valence-corrected chi connectivity index (χ2v) is 20.5. The number of rotatable bonds is 23. The zero-order valence-electron chi connectivity index (χ0n) is 41.3. The fourth-order valence-corrected chi connectivity index (χ4v) is 10.9. The molecule has 7 rings (SSSR count). The van der Waals surface area contributed by atoms with Gasteiger partial charge in [0.15, 0.2) is 5.96 Å². The summed E-state index contributed by atoms with van der Waals surface area (Å²) in [7, 11) is -0.280. The van der Waals surface area contributed by atoms with Crippen LogP contribution in [0.15, 0.2) is 97.2 Å². The van der Waals surface area contributed by atoms with Crippen molar-refractivity contribution in [3.63, 3.8) is 0 Å². The minimum Gasteiger partial charge on any atom is -0.508 e. The van der Waals surface area contributed by atoms with Gasteiger partial charge in [0, 0.05) is 77.6 Å². The number of morpholine rings is 1. The highest BCUT2D eigenvalue weighted by atomic mass is 28.2. The van der Waals surface area contributed by atoms with Crippen molar-refractivity contribution >= 4 is 67.5 Å². The second kappa shape index (κ2) is 26.3. The molecule has 388 valence electrons. The van der Waals surface area contributed by atoms with E-state index < -0.39 is 50.9 Å². The Bertz CT molecular complexity index is 2680. The monoisotopic (exact) mass is 1020 g/mol. The van der Waals surface area contributed by atoms with Crippen molar-refractivity contribution in [3.8, 4) is 22.6 Å². The predicted molar refractivity (Wildman–Crippen MR) is 285 cm³/mol. The van der Waals surface area contributed by atoms with Gasteiger partial charge in [-0.15, -0.1) is 0 Å². The largest absolute Gasteiger partial charge is 0.508 e. The molecule has 5 aromatic rings. The molecular formula is C53H69N11O8Si. The molecule has 1 saturated carbocycles. The van der Waals surface area contributed by atoms with Gasteiger partial charge in [0.2, 0.25) is 29.5 Å². The first-order chi connectivity index (χ1) is 35.3. The van der Waals surface area contributed by atoms with E-state index in [2.05, 4.69) is 41.5 Å². The maximum atomic E-state index is 14.7. The number of hydrogen-bond donors (Lipinski definition) is 11. The molecule has 73 heavy (non-hydrogen) atoms. The molecule has 19 nitrogen and oxygen atoms in total. The molecule has 0 bridgehead atoms. The summed E-state index contributed by atoms with van der Waals surface area (Å²) >= 11 is 0. The lowest BCUT2D eigenvalue weighted by molar-refractivity contribution is -0.131. The average Bonchev–Trinajstić information content (AvgIpc) is 3.79. The van der Waals surface area contributed by atoms with Crippen LogP contribution in [0, 0.1) is 11.3 Å². The Kier molecular flexibility index (Phi) is 19.2. The quantitative estimate of drug-likeness (QED) is 0.0195. The minimum absolute atomic E-state index is 0.0558. The third kappa shape index (κ3) is 15.5. The number of carbonyl (C=O) groups is 5. The number of aromatic amines is 1. The summed E-state index contributed by atoms with van der Waals surface area (Å²) in [6, 6.07) is 25.5. The molecule has 1 aliphatic carbocycles. The number of carbonyl (C=O) groups excluding carboxylic acids is 5. The molecule has 13 N–H and O–H groups in total. The second-order valence-electron chi connectivity index (χ2n) is 18.8. The Morgan fingerprint density at radius 1 is 0.890 bits per heavy atom. The van der Waals surface area contributed by atoms with Crippen LogP contribution >= 0.6 is 0 Å². The van der Waals surface area contributed by atoms with Crippen molar-refractivity contribution in [3.05, 3.63) is 108 Å². The maximum absolute atomic E-state index is 14.7. The van der Waals surface area contributed by atoms with Crippen LogP contribution < -0.4 is 52.7 Å². The van der Waals surface area contributed by atoms with Crippen LogP contribution in [0.3, 0.4) is 0 Å².